The second-order valence-electron chi connectivity index (χ2n) is 5.34. The van der Waals surface area contributed by atoms with Crippen LogP contribution in [-0.2, 0) is 20.4 Å². The lowest BCUT2D eigenvalue weighted by Crippen LogP contribution is -2.29. The summed E-state index contributed by atoms with van der Waals surface area (Å²) in [5.74, 6) is -0.504. The topological polar surface area (TPSA) is 66.5 Å². The van der Waals surface area contributed by atoms with Gasteiger partial charge in [-0.2, -0.15) is 8.42 Å². The van der Waals surface area contributed by atoms with E-state index in [4.69, 9.17) is 0 Å². The zero-order chi connectivity index (χ0) is 13.6. The number of amides is 1. The van der Waals surface area contributed by atoms with Gasteiger partial charge in [-0.05, 0) is 23.1 Å². The molecule has 98 valence electrons. The third-order valence-electron chi connectivity index (χ3n) is 2.82. The number of nitrogens with one attached hydrogen (secondary N) is 1. The molecule has 0 bridgehead atoms. The van der Waals surface area contributed by atoms with Crippen LogP contribution in [0.4, 0.5) is 5.69 Å². The second kappa shape index (κ2) is 3.98. The molecule has 0 unspecified atom stereocenters. The molecule has 1 aliphatic heterocycles. The van der Waals surface area contributed by atoms with Crippen LogP contribution in [0.1, 0.15) is 26.3 Å². The molecule has 5 nitrogen and oxygen atoms in total. The predicted molar refractivity (Wildman–Crippen MR) is 69.6 cm³/mol. The van der Waals surface area contributed by atoms with E-state index in [1.165, 1.54) is 0 Å². The number of hydrogen-bond acceptors (Lipinski definition) is 3. The quantitative estimate of drug-likeness (QED) is 0.831. The highest BCUT2D eigenvalue weighted by molar-refractivity contribution is 7.92. The summed E-state index contributed by atoms with van der Waals surface area (Å²) >= 11 is 0. The lowest BCUT2D eigenvalue weighted by atomic mass is 9.87. The smallest absolute Gasteiger partial charge is 0.272 e. The van der Waals surface area contributed by atoms with Crippen molar-refractivity contribution >= 4 is 21.8 Å². The molecule has 0 aromatic heterocycles. The van der Waals surface area contributed by atoms with Crippen molar-refractivity contribution in [3.05, 3.63) is 29.8 Å². The SMILES string of the molecule is CC(C)(C)c1cccc(N2CC(=O)NS2(=O)=O)c1. The number of benzene rings is 1. The first-order valence-corrected chi connectivity index (χ1v) is 7.08. The van der Waals surface area contributed by atoms with Crippen molar-refractivity contribution in [2.45, 2.75) is 26.2 Å². The first-order chi connectivity index (χ1) is 8.20. The standard InChI is InChI=1S/C12H16N2O3S/c1-12(2,3)9-5-4-6-10(7-9)14-8-11(15)13-18(14,16)17/h4-7H,8H2,1-3H3,(H,13,15). The molecule has 1 heterocycles. The van der Waals surface area contributed by atoms with Gasteiger partial charge in [-0.1, -0.05) is 32.9 Å². The van der Waals surface area contributed by atoms with Crippen LogP contribution in [0.15, 0.2) is 24.3 Å². The highest BCUT2D eigenvalue weighted by atomic mass is 32.2. The summed E-state index contributed by atoms with van der Waals surface area (Å²) in [6, 6.07) is 7.24. The fourth-order valence-electron chi connectivity index (χ4n) is 1.80. The molecule has 1 amide bonds. The number of carbonyl (C=O) groups excluding carboxylic acids is 1. The Balaban J connectivity index is 2.44. The van der Waals surface area contributed by atoms with Crippen molar-refractivity contribution in [1.29, 1.82) is 0 Å². The average Bonchev–Trinajstić information content (AvgIpc) is 2.51. The van der Waals surface area contributed by atoms with Gasteiger partial charge in [-0.3, -0.25) is 4.79 Å². The summed E-state index contributed by atoms with van der Waals surface area (Å²) in [5, 5.41) is 0. The Morgan fingerprint density at radius 3 is 2.44 bits per heavy atom. The Kier molecular flexibility index (Phi) is 2.85. The number of hydrogen-bond donors (Lipinski definition) is 1. The van der Waals surface area contributed by atoms with Crippen LogP contribution < -0.4 is 9.03 Å². The molecular formula is C12H16N2O3S. The summed E-state index contributed by atoms with van der Waals surface area (Å²) < 4.78 is 26.5. The Morgan fingerprint density at radius 2 is 1.94 bits per heavy atom. The van der Waals surface area contributed by atoms with Crippen molar-refractivity contribution in [2.75, 3.05) is 10.8 Å². The molecule has 1 saturated heterocycles. The molecule has 1 fully saturated rings. The maximum atomic E-state index is 11.7. The zero-order valence-corrected chi connectivity index (χ0v) is 11.4. The highest BCUT2D eigenvalue weighted by Gasteiger charge is 2.34. The van der Waals surface area contributed by atoms with Crippen LogP contribution in [-0.4, -0.2) is 20.9 Å². The van der Waals surface area contributed by atoms with Gasteiger partial charge in [0.15, 0.2) is 0 Å². The Hall–Kier alpha value is -1.56. The third kappa shape index (κ3) is 2.33. The van der Waals surface area contributed by atoms with Crippen LogP contribution >= 0.6 is 0 Å². The van der Waals surface area contributed by atoms with Crippen LogP contribution in [0, 0.1) is 0 Å². The molecule has 0 radical (unpaired) electrons. The van der Waals surface area contributed by atoms with Gasteiger partial charge in [0.2, 0.25) is 0 Å². The van der Waals surface area contributed by atoms with Crippen LogP contribution in [0.5, 0.6) is 0 Å². The summed E-state index contributed by atoms with van der Waals surface area (Å²) in [5.41, 5.74) is 1.46. The Labute approximate surface area is 107 Å². The number of rotatable bonds is 1. The molecule has 1 aromatic rings. The summed E-state index contributed by atoms with van der Waals surface area (Å²) in [7, 11) is -3.72. The van der Waals surface area contributed by atoms with E-state index in [0.717, 1.165) is 9.87 Å². The average molecular weight is 268 g/mol. The fourth-order valence-corrected chi connectivity index (χ4v) is 2.95. The summed E-state index contributed by atoms with van der Waals surface area (Å²) in [6.07, 6.45) is 0. The highest BCUT2D eigenvalue weighted by Crippen LogP contribution is 2.28. The van der Waals surface area contributed by atoms with E-state index in [-0.39, 0.29) is 12.0 Å². The van der Waals surface area contributed by atoms with E-state index in [2.05, 4.69) is 0 Å². The van der Waals surface area contributed by atoms with Crippen molar-refractivity contribution in [2.24, 2.45) is 0 Å². The second-order valence-corrected chi connectivity index (χ2v) is 6.93. The summed E-state index contributed by atoms with van der Waals surface area (Å²) in [6.45, 7) is 5.99. The molecule has 2 rings (SSSR count). The van der Waals surface area contributed by atoms with Gasteiger partial charge >= 0.3 is 10.2 Å². The molecular weight excluding hydrogens is 252 g/mol. The maximum Gasteiger partial charge on any atom is 0.326 e. The zero-order valence-electron chi connectivity index (χ0n) is 10.6. The first-order valence-electron chi connectivity index (χ1n) is 5.64. The molecule has 1 aromatic carbocycles. The minimum absolute atomic E-state index is 0.0725. The number of nitrogens with zero attached hydrogens (tertiary/aromatic N) is 1. The Morgan fingerprint density at radius 1 is 1.28 bits per heavy atom. The van der Waals surface area contributed by atoms with Gasteiger partial charge < -0.3 is 0 Å². The van der Waals surface area contributed by atoms with Crippen molar-refractivity contribution in [3.8, 4) is 0 Å². The molecule has 0 atom stereocenters. The normalized spacial score (nSPS) is 18.8. The molecule has 18 heavy (non-hydrogen) atoms. The molecule has 0 saturated carbocycles. The van der Waals surface area contributed by atoms with Gasteiger partial charge in [0.25, 0.3) is 5.91 Å². The minimum Gasteiger partial charge on any atom is -0.272 e. The van der Waals surface area contributed by atoms with Crippen LogP contribution in [0.2, 0.25) is 0 Å². The molecule has 0 aliphatic carbocycles. The molecule has 6 heteroatoms. The molecule has 1 N–H and O–H groups in total. The van der Waals surface area contributed by atoms with E-state index in [0.29, 0.717) is 5.69 Å². The monoisotopic (exact) mass is 268 g/mol. The Bertz CT molecular complexity index is 588. The van der Waals surface area contributed by atoms with Crippen LogP contribution in [0.25, 0.3) is 0 Å². The largest absolute Gasteiger partial charge is 0.326 e. The first kappa shape index (κ1) is 12.9. The maximum absolute atomic E-state index is 11.7. The van der Waals surface area contributed by atoms with Crippen molar-refractivity contribution in [3.63, 3.8) is 0 Å². The van der Waals surface area contributed by atoms with E-state index in [9.17, 15) is 13.2 Å². The fraction of sp³-hybridized carbons (Fsp3) is 0.417. The number of carbonyl (C=O) groups is 1. The van der Waals surface area contributed by atoms with Crippen molar-refractivity contribution in [1.82, 2.24) is 4.72 Å². The lowest BCUT2D eigenvalue weighted by Gasteiger charge is -2.22. The minimum atomic E-state index is -3.72. The van der Waals surface area contributed by atoms with Gasteiger partial charge in [-0.15, -0.1) is 0 Å². The van der Waals surface area contributed by atoms with Gasteiger partial charge in [0.1, 0.15) is 6.54 Å². The van der Waals surface area contributed by atoms with Crippen molar-refractivity contribution < 1.29 is 13.2 Å². The lowest BCUT2D eigenvalue weighted by molar-refractivity contribution is -0.117. The number of anilines is 1. The summed E-state index contributed by atoms with van der Waals surface area (Å²) in [4.78, 5) is 11.2. The van der Waals surface area contributed by atoms with Gasteiger partial charge in [-0.25, -0.2) is 9.03 Å². The molecule has 1 aliphatic rings. The molecule has 0 spiro atoms. The predicted octanol–water partition coefficient (Wildman–Crippen LogP) is 1.17. The third-order valence-corrected chi connectivity index (χ3v) is 4.23. The van der Waals surface area contributed by atoms with E-state index in [1.54, 1.807) is 18.2 Å². The van der Waals surface area contributed by atoms with E-state index >= 15 is 0 Å². The van der Waals surface area contributed by atoms with Crippen LogP contribution in [0.3, 0.4) is 0 Å². The van der Waals surface area contributed by atoms with Gasteiger partial charge in [0.05, 0.1) is 5.69 Å². The van der Waals surface area contributed by atoms with E-state index < -0.39 is 16.1 Å². The van der Waals surface area contributed by atoms with E-state index in [1.807, 2.05) is 31.6 Å². The van der Waals surface area contributed by atoms with Gasteiger partial charge in [0, 0.05) is 0 Å².